The second kappa shape index (κ2) is 7.27. The van der Waals surface area contributed by atoms with Gasteiger partial charge in [-0.05, 0) is 48.5 Å². The minimum absolute atomic E-state index is 0.0526. The van der Waals surface area contributed by atoms with Crippen LogP contribution < -0.4 is 5.32 Å². The minimum Gasteiger partial charge on any atom is -0.355 e. The molecule has 0 atom stereocenters. The summed E-state index contributed by atoms with van der Waals surface area (Å²) in [5, 5.41) is 6.74. The second-order valence-electron chi connectivity index (χ2n) is 5.20. The van der Waals surface area contributed by atoms with E-state index >= 15 is 0 Å². The topological polar surface area (TPSA) is 72.2 Å². The van der Waals surface area contributed by atoms with Gasteiger partial charge in [0, 0.05) is 22.2 Å². The molecule has 3 aromatic rings. The van der Waals surface area contributed by atoms with Crippen LogP contribution in [0.2, 0.25) is 5.02 Å². The zero-order chi connectivity index (χ0) is 17.8. The fourth-order valence-corrected chi connectivity index (χ4v) is 2.25. The molecule has 0 aliphatic carbocycles. The van der Waals surface area contributed by atoms with Crippen molar-refractivity contribution in [2.24, 2.45) is 0 Å². The highest BCUT2D eigenvalue weighted by molar-refractivity contribution is 6.30. The Morgan fingerprint density at radius 1 is 1.08 bits per heavy atom. The molecule has 7 heteroatoms. The van der Waals surface area contributed by atoms with E-state index in [0.29, 0.717) is 16.3 Å². The number of carbonyl (C=O) groups is 2. The van der Waals surface area contributed by atoms with E-state index in [9.17, 15) is 14.0 Å². The molecule has 5 nitrogen and oxygen atoms in total. The average molecular weight is 359 g/mol. The maximum absolute atomic E-state index is 12.8. The number of hydrogen-bond donors (Lipinski definition) is 1. The summed E-state index contributed by atoms with van der Waals surface area (Å²) in [4.78, 5) is 24.0. The second-order valence-corrected chi connectivity index (χ2v) is 5.63. The molecule has 3 rings (SSSR count). The van der Waals surface area contributed by atoms with Crippen molar-refractivity contribution in [3.63, 3.8) is 0 Å². The van der Waals surface area contributed by atoms with Gasteiger partial charge in [-0.15, -0.1) is 0 Å². The normalized spacial score (nSPS) is 10.5. The van der Waals surface area contributed by atoms with Crippen LogP contribution in [0.1, 0.15) is 20.8 Å². The van der Waals surface area contributed by atoms with Crippen molar-refractivity contribution in [3.8, 4) is 11.3 Å². The number of aromatic nitrogens is 1. The van der Waals surface area contributed by atoms with E-state index in [-0.39, 0.29) is 18.0 Å². The summed E-state index contributed by atoms with van der Waals surface area (Å²) >= 11 is 5.82. The Labute approximate surface area is 147 Å². The van der Waals surface area contributed by atoms with Crippen LogP contribution in [0.4, 0.5) is 4.39 Å². The predicted octanol–water partition coefficient (Wildman–Crippen LogP) is 3.75. The maximum Gasteiger partial charge on any atom is 0.273 e. The number of carbonyl (C=O) groups excluding carboxylic acids is 2. The fraction of sp³-hybridized carbons (Fsp3) is 0.0556. The number of halogens is 2. The van der Waals surface area contributed by atoms with Gasteiger partial charge in [0.25, 0.3) is 5.91 Å². The lowest BCUT2D eigenvalue weighted by molar-refractivity contribution is 0.0898. The first kappa shape index (κ1) is 16.9. The molecule has 1 amide bonds. The van der Waals surface area contributed by atoms with Crippen LogP contribution >= 0.6 is 11.6 Å². The smallest absolute Gasteiger partial charge is 0.273 e. The van der Waals surface area contributed by atoms with Crippen molar-refractivity contribution in [1.29, 1.82) is 0 Å². The molecule has 0 spiro atoms. The number of nitrogens with one attached hydrogen (secondary N) is 1. The van der Waals surface area contributed by atoms with E-state index in [0.717, 1.165) is 5.56 Å². The maximum atomic E-state index is 12.8. The number of ketones is 1. The Morgan fingerprint density at radius 3 is 2.44 bits per heavy atom. The molecule has 2 aromatic carbocycles. The van der Waals surface area contributed by atoms with Crippen LogP contribution in [0.15, 0.2) is 59.1 Å². The van der Waals surface area contributed by atoms with E-state index in [1.54, 1.807) is 24.3 Å². The van der Waals surface area contributed by atoms with Crippen molar-refractivity contribution in [2.75, 3.05) is 6.54 Å². The Hall–Kier alpha value is -2.99. The third-order valence-corrected chi connectivity index (χ3v) is 3.70. The molecule has 1 aromatic heterocycles. The standard InChI is InChI=1S/C18H12ClFN2O3/c19-13-5-1-12(2-6-13)17-9-15(22-25-17)18(24)21-10-16(23)11-3-7-14(20)8-4-11/h1-9H,10H2,(H,21,24). The number of hydrogen-bond acceptors (Lipinski definition) is 4. The number of rotatable bonds is 5. The Balaban J connectivity index is 1.63. The molecule has 0 fully saturated rings. The number of Topliss-reactive ketones (excluding diaryl/α,β-unsaturated/α-hetero) is 1. The summed E-state index contributed by atoms with van der Waals surface area (Å²) in [6.07, 6.45) is 0. The van der Waals surface area contributed by atoms with Gasteiger partial charge in [0.2, 0.25) is 0 Å². The van der Waals surface area contributed by atoms with Gasteiger partial charge >= 0.3 is 0 Å². The summed E-state index contributed by atoms with van der Waals surface area (Å²) in [6.45, 7) is -0.229. The van der Waals surface area contributed by atoms with Gasteiger partial charge in [0.15, 0.2) is 17.2 Å². The zero-order valence-corrected chi connectivity index (χ0v) is 13.6. The average Bonchev–Trinajstić information content (AvgIpc) is 3.11. The van der Waals surface area contributed by atoms with E-state index in [1.807, 2.05) is 0 Å². The molecule has 25 heavy (non-hydrogen) atoms. The summed E-state index contributed by atoms with van der Waals surface area (Å²) < 4.78 is 18.0. The van der Waals surface area contributed by atoms with Crippen molar-refractivity contribution < 1.29 is 18.5 Å². The van der Waals surface area contributed by atoms with Crippen LogP contribution in [-0.2, 0) is 0 Å². The first-order valence-electron chi connectivity index (χ1n) is 7.32. The van der Waals surface area contributed by atoms with E-state index in [2.05, 4.69) is 10.5 Å². The van der Waals surface area contributed by atoms with Crippen molar-refractivity contribution in [1.82, 2.24) is 10.5 Å². The third-order valence-electron chi connectivity index (χ3n) is 3.45. The van der Waals surface area contributed by atoms with Crippen LogP contribution in [0.5, 0.6) is 0 Å². The van der Waals surface area contributed by atoms with E-state index in [1.165, 1.54) is 30.3 Å². The lowest BCUT2D eigenvalue weighted by Gasteiger charge is -2.02. The minimum atomic E-state index is -0.542. The highest BCUT2D eigenvalue weighted by Crippen LogP contribution is 2.22. The van der Waals surface area contributed by atoms with Crippen molar-refractivity contribution >= 4 is 23.3 Å². The molecular weight excluding hydrogens is 347 g/mol. The first-order chi connectivity index (χ1) is 12.0. The Bertz CT molecular complexity index is 905. The van der Waals surface area contributed by atoms with Gasteiger partial charge in [-0.2, -0.15) is 0 Å². The first-order valence-corrected chi connectivity index (χ1v) is 7.70. The molecule has 0 unspecified atom stereocenters. The van der Waals surface area contributed by atoms with Gasteiger partial charge < -0.3 is 9.84 Å². The molecule has 0 radical (unpaired) electrons. The van der Waals surface area contributed by atoms with Crippen LogP contribution in [0.25, 0.3) is 11.3 Å². The number of benzene rings is 2. The lowest BCUT2D eigenvalue weighted by Crippen LogP contribution is -2.29. The van der Waals surface area contributed by atoms with Crippen LogP contribution in [0.3, 0.4) is 0 Å². The third kappa shape index (κ3) is 4.10. The van der Waals surface area contributed by atoms with Crippen LogP contribution in [0, 0.1) is 5.82 Å². The molecule has 0 aliphatic heterocycles. The highest BCUT2D eigenvalue weighted by atomic mass is 35.5. The molecule has 0 bridgehead atoms. The fourth-order valence-electron chi connectivity index (χ4n) is 2.12. The van der Waals surface area contributed by atoms with E-state index < -0.39 is 11.7 Å². The SMILES string of the molecule is O=C(CNC(=O)c1cc(-c2ccc(Cl)cc2)on1)c1ccc(F)cc1. The highest BCUT2D eigenvalue weighted by Gasteiger charge is 2.15. The van der Waals surface area contributed by atoms with E-state index in [4.69, 9.17) is 16.1 Å². The van der Waals surface area contributed by atoms with Gasteiger partial charge in [-0.1, -0.05) is 16.8 Å². The zero-order valence-electron chi connectivity index (χ0n) is 12.8. The monoisotopic (exact) mass is 358 g/mol. The predicted molar refractivity (Wildman–Crippen MR) is 90.0 cm³/mol. The number of amides is 1. The quantitative estimate of drug-likeness (QED) is 0.705. The van der Waals surface area contributed by atoms with Crippen LogP contribution in [-0.4, -0.2) is 23.4 Å². The largest absolute Gasteiger partial charge is 0.355 e. The molecule has 126 valence electrons. The summed E-state index contributed by atoms with van der Waals surface area (Å²) in [5.41, 5.74) is 1.08. The molecule has 0 aliphatic rings. The number of nitrogens with zero attached hydrogens (tertiary/aromatic N) is 1. The Morgan fingerprint density at radius 2 is 1.76 bits per heavy atom. The summed E-state index contributed by atoms with van der Waals surface area (Å²) in [5.74, 6) is -0.904. The Kier molecular flexibility index (Phi) is 4.90. The molecular formula is C18H12ClFN2O3. The molecule has 0 saturated carbocycles. The van der Waals surface area contributed by atoms with Crippen molar-refractivity contribution in [3.05, 3.63) is 76.7 Å². The molecule has 1 N–H and O–H groups in total. The summed E-state index contributed by atoms with van der Waals surface area (Å²) in [6, 6.07) is 13.4. The van der Waals surface area contributed by atoms with Gasteiger partial charge in [0.1, 0.15) is 5.82 Å². The molecule has 1 heterocycles. The van der Waals surface area contributed by atoms with Gasteiger partial charge in [-0.25, -0.2) is 4.39 Å². The van der Waals surface area contributed by atoms with Gasteiger partial charge in [0.05, 0.1) is 6.54 Å². The van der Waals surface area contributed by atoms with Gasteiger partial charge in [-0.3, -0.25) is 9.59 Å². The van der Waals surface area contributed by atoms with Crippen molar-refractivity contribution in [2.45, 2.75) is 0 Å². The molecule has 0 saturated heterocycles. The lowest BCUT2D eigenvalue weighted by atomic mass is 10.1. The summed E-state index contributed by atoms with van der Waals surface area (Å²) in [7, 11) is 0.